The van der Waals surface area contributed by atoms with Crippen LogP contribution in [0.4, 0.5) is 11.4 Å². The van der Waals surface area contributed by atoms with E-state index in [-0.39, 0.29) is 30.2 Å². The second kappa shape index (κ2) is 10.3. The molecule has 4 rings (SSSR count). The first kappa shape index (κ1) is 22.5. The van der Waals surface area contributed by atoms with Crippen molar-refractivity contribution in [3.05, 3.63) is 72.3 Å². The van der Waals surface area contributed by atoms with Crippen LogP contribution in [0.2, 0.25) is 0 Å². The Hall–Kier alpha value is -3.71. The molecule has 1 aliphatic rings. The minimum atomic E-state index is -0.237. The van der Waals surface area contributed by atoms with Gasteiger partial charge in [0.25, 0.3) is 5.91 Å². The number of nitrogens with one attached hydrogen (secondary N) is 2. The van der Waals surface area contributed by atoms with E-state index in [0.29, 0.717) is 42.9 Å². The lowest BCUT2D eigenvalue weighted by Gasteiger charge is -2.31. The van der Waals surface area contributed by atoms with Gasteiger partial charge in [-0.25, -0.2) is 0 Å². The van der Waals surface area contributed by atoms with Crippen molar-refractivity contribution in [2.75, 3.05) is 37.4 Å². The third kappa shape index (κ3) is 5.38. The van der Waals surface area contributed by atoms with Crippen LogP contribution in [0.5, 0.6) is 0 Å². The molecule has 1 aliphatic heterocycles. The lowest BCUT2D eigenvalue weighted by molar-refractivity contribution is -0.121. The summed E-state index contributed by atoms with van der Waals surface area (Å²) in [6.07, 6.45) is 1.24. The third-order valence-electron chi connectivity index (χ3n) is 5.88. The lowest BCUT2D eigenvalue weighted by atomic mass is 9.94. The minimum Gasteiger partial charge on any atom is -0.375 e. The topological polar surface area (TPSA) is 87.7 Å². The molecular formula is C26H27N3O4. The van der Waals surface area contributed by atoms with E-state index in [1.807, 2.05) is 47.4 Å². The summed E-state index contributed by atoms with van der Waals surface area (Å²) in [6, 6.07) is 20.6. The minimum absolute atomic E-state index is 0.0109. The average Bonchev–Trinajstić information content (AvgIpc) is 2.84. The third-order valence-corrected chi connectivity index (χ3v) is 5.88. The highest BCUT2D eigenvalue weighted by Crippen LogP contribution is 2.25. The number of carbonyl (C=O) groups excluding carboxylic acids is 3. The van der Waals surface area contributed by atoms with Crippen molar-refractivity contribution in [3.8, 4) is 0 Å². The molecule has 33 heavy (non-hydrogen) atoms. The standard InChI is InChI=1S/C26H27N3O4/c1-33-17-24(30)27-20-9-11-21(12-10-20)28-25(31)19-13-15-29(16-14-19)26(32)23-8-4-6-18-5-2-3-7-22(18)23/h2-12,19H,13-17H2,1H3,(H,27,30)(H,28,31). The first-order valence-electron chi connectivity index (χ1n) is 11.0. The zero-order valence-corrected chi connectivity index (χ0v) is 18.5. The number of methoxy groups -OCH3 is 1. The van der Waals surface area contributed by atoms with Crippen molar-refractivity contribution < 1.29 is 19.1 Å². The highest BCUT2D eigenvalue weighted by Gasteiger charge is 2.28. The molecule has 7 nitrogen and oxygen atoms in total. The van der Waals surface area contributed by atoms with Crippen LogP contribution in [-0.4, -0.2) is 49.4 Å². The first-order valence-corrected chi connectivity index (χ1v) is 11.0. The van der Waals surface area contributed by atoms with Gasteiger partial charge in [-0.15, -0.1) is 0 Å². The Balaban J connectivity index is 1.32. The van der Waals surface area contributed by atoms with Crippen molar-refractivity contribution >= 4 is 39.9 Å². The van der Waals surface area contributed by atoms with Gasteiger partial charge >= 0.3 is 0 Å². The van der Waals surface area contributed by atoms with E-state index in [1.54, 1.807) is 24.3 Å². The fraction of sp³-hybridized carbons (Fsp3) is 0.269. The van der Waals surface area contributed by atoms with E-state index >= 15 is 0 Å². The molecule has 170 valence electrons. The fourth-order valence-corrected chi connectivity index (χ4v) is 4.14. The largest absolute Gasteiger partial charge is 0.375 e. The number of anilines is 2. The SMILES string of the molecule is COCC(=O)Nc1ccc(NC(=O)C2CCN(C(=O)c3cccc4ccccc34)CC2)cc1. The smallest absolute Gasteiger partial charge is 0.254 e. The highest BCUT2D eigenvalue weighted by atomic mass is 16.5. The Bertz CT molecular complexity index is 1150. The van der Waals surface area contributed by atoms with Gasteiger partial charge in [0, 0.05) is 43.1 Å². The maximum atomic E-state index is 13.1. The van der Waals surface area contributed by atoms with Gasteiger partial charge in [0.05, 0.1) is 0 Å². The molecule has 0 bridgehead atoms. The lowest BCUT2D eigenvalue weighted by Crippen LogP contribution is -2.41. The fourth-order valence-electron chi connectivity index (χ4n) is 4.14. The summed E-state index contributed by atoms with van der Waals surface area (Å²) in [4.78, 5) is 39.3. The van der Waals surface area contributed by atoms with Crippen LogP contribution in [-0.2, 0) is 14.3 Å². The summed E-state index contributed by atoms with van der Waals surface area (Å²) < 4.78 is 4.79. The van der Waals surface area contributed by atoms with Crippen molar-refractivity contribution in [2.24, 2.45) is 5.92 Å². The maximum absolute atomic E-state index is 13.1. The number of hydrogen-bond acceptors (Lipinski definition) is 4. The van der Waals surface area contributed by atoms with E-state index < -0.39 is 0 Å². The number of nitrogens with zero attached hydrogens (tertiary/aromatic N) is 1. The molecule has 1 saturated heterocycles. The normalized spacial score (nSPS) is 14.2. The second-order valence-electron chi connectivity index (χ2n) is 8.14. The number of benzene rings is 3. The van der Waals surface area contributed by atoms with Crippen LogP contribution in [0.1, 0.15) is 23.2 Å². The molecule has 0 saturated carbocycles. The summed E-state index contributed by atoms with van der Waals surface area (Å²) in [5.74, 6) is -0.429. The Morgan fingerprint density at radius 3 is 2.21 bits per heavy atom. The predicted octanol–water partition coefficient (Wildman–Crippen LogP) is 3.92. The molecular weight excluding hydrogens is 418 g/mol. The predicted molar refractivity (Wildman–Crippen MR) is 128 cm³/mol. The van der Waals surface area contributed by atoms with Gasteiger partial charge in [-0.05, 0) is 53.9 Å². The van der Waals surface area contributed by atoms with E-state index in [4.69, 9.17) is 4.74 Å². The van der Waals surface area contributed by atoms with Crippen molar-refractivity contribution in [1.29, 1.82) is 0 Å². The van der Waals surface area contributed by atoms with Crippen LogP contribution >= 0.6 is 0 Å². The molecule has 0 unspecified atom stereocenters. The molecule has 3 amide bonds. The number of rotatable bonds is 6. The van der Waals surface area contributed by atoms with E-state index in [2.05, 4.69) is 10.6 Å². The van der Waals surface area contributed by atoms with Crippen LogP contribution in [0.15, 0.2) is 66.7 Å². The summed E-state index contributed by atoms with van der Waals surface area (Å²) in [7, 11) is 1.46. The van der Waals surface area contributed by atoms with E-state index in [0.717, 1.165) is 10.8 Å². The second-order valence-corrected chi connectivity index (χ2v) is 8.14. The van der Waals surface area contributed by atoms with Gasteiger partial charge in [0.1, 0.15) is 6.61 Å². The summed E-state index contributed by atoms with van der Waals surface area (Å²) >= 11 is 0. The molecule has 1 fully saturated rings. The number of likely N-dealkylation sites (tertiary alicyclic amines) is 1. The number of ether oxygens (including phenoxy) is 1. The van der Waals surface area contributed by atoms with Crippen LogP contribution in [0.3, 0.4) is 0 Å². The van der Waals surface area contributed by atoms with Crippen LogP contribution in [0, 0.1) is 5.92 Å². The zero-order valence-electron chi connectivity index (χ0n) is 18.5. The van der Waals surface area contributed by atoms with Crippen LogP contribution < -0.4 is 10.6 Å². The summed E-state index contributed by atoms with van der Waals surface area (Å²) in [6.45, 7) is 1.08. The van der Waals surface area contributed by atoms with Gasteiger partial charge in [0.15, 0.2) is 0 Å². The number of fused-ring (bicyclic) bond motifs is 1. The number of carbonyl (C=O) groups is 3. The highest BCUT2D eigenvalue weighted by molar-refractivity contribution is 6.07. The molecule has 2 N–H and O–H groups in total. The molecule has 0 aromatic heterocycles. The average molecular weight is 446 g/mol. The summed E-state index contributed by atoms with van der Waals surface area (Å²) in [5.41, 5.74) is 2.00. The maximum Gasteiger partial charge on any atom is 0.254 e. The molecule has 0 spiro atoms. The Labute approximate surface area is 192 Å². The van der Waals surface area contributed by atoms with Crippen molar-refractivity contribution in [3.63, 3.8) is 0 Å². The van der Waals surface area contributed by atoms with Crippen molar-refractivity contribution in [1.82, 2.24) is 4.90 Å². The van der Waals surface area contributed by atoms with Gasteiger partial charge in [-0.3, -0.25) is 14.4 Å². The molecule has 1 heterocycles. The van der Waals surface area contributed by atoms with Crippen molar-refractivity contribution in [2.45, 2.75) is 12.8 Å². The van der Waals surface area contributed by atoms with E-state index in [1.165, 1.54) is 7.11 Å². The zero-order chi connectivity index (χ0) is 23.2. The van der Waals surface area contributed by atoms with Crippen LogP contribution in [0.25, 0.3) is 10.8 Å². The Morgan fingerprint density at radius 1 is 0.879 bits per heavy atom. The van der Waals surface area contributed by atoms with Gasteiger partial charge < -0.3 is 20.3 Å². The number of piperidine rings is 1. The Kier molecular flexibility index (Phi) is 7.00. The Morgan fingerprint density at radius 2 is 1.52 bits per heavy atom. The molecule has 7 heteroatoms. The molecule has 0 radical (unpaired) electrons. The molecule has 3 aromatic rings. The quantitative estimate of drug-likeness (QED) is 0.602. The molecule has 3 aromatic carbocycles. The molecule has 0 aliphatic carbocycles. The number of hydrogen-bond donors (Lipinski definition) is 2. The van der Waals surface area contributed by atoms with Gasteiger partial charge in [-0.2, -0.15) is 0 Å². The summed E-state index contributed by atoms with van der Waals surface area (Å²) in [5, 5.41) is 7.64. The first-order chi connectivity index (χ1) is 16.0. The molecule has 0 atom stereocenters. The monoisotopic (exact) mass is 445 g/mol. The number of amides is 3. The van der Waals surface area contributed by atoms with E-state index in [9.17, 15) is 14.4 Å². The van der Waals surface area contributed by atoms with Gasteiger partial charge in [-0.1, -0.05) is 36.4 Å². The van der Waals surface area contributed by atoms with Gasteiger partial charge in [0.2, 0.25) is 11.8 Å².